The van der Waals surface area contributed by atoms with Crippen LogP contribution >= 0.6 is 0 Å². The van der Waals surface area contributed by atoms with Gasteiger partial charge in [-0.2, -0.15) is 0 Å². The smallest absolute Gasteiger partial charge is 0.306 e. The van der Waals surface area contributed by atoms with E-state index in [-0.39, 0.29) is 16.7 Å². The SMILES string of the molecule is CCC/C(=C/C=C/C=C/c1ccc2c(c1)C(C)(C)CCC2(C)C)CC(C)C(=O)O. The first-order valence-corrected chi connectivity index (χ1v) is 11.0. The summed E-state index contributed by atoms with van der Waals surface area (Å²) in [6, 6.07) is 6.89. The predicted molar refractivity (Wildman–Crippen MR) is 124 cm³/mol. The summed E-state index contributed by atoms with van der Waals surface area (Å²) in [4.78, 5) is 11.1. The molecule has 1 N–H and O–H groups in total. The fourth-order valence-electron chi connectivity index (χ4n) is 4.19. The molecule has 0 bridgehead atoms. The fourth-order valence-corrected chi connectivity index (χ4v) is 4.19. The summed E-state index contributed by atoms with van der Waals surface area (Å²) in [7, 11) is 0. The van der Waals surface area contributed by atoms with Gasteiger partial charge in [0.2, 0.25) is 0 Å². The Kier molecular flexibility index (Phi) is 7.68. The molecule has 2 nitrogen and oxygen atoms in total. The third-order valence-corrected chi connectivity index (χ3v) is 6.28. The number of carboxylic acid groups (broad SMARTS) is 1. The average molecular weight is 395 g/mol. The maximum atomic E-state index is 11.1. The molecule has 0 fully saturated rings. The molecule has 1 aliphatic rings. The number of hydrogen-bond acceptors (Lipinski definition) is 1. The highest BCUT2D eigenvalue weighted by Gasteiger charge is 2.36. The van der Waals surface area contributed by atoms with E-state index in [0.29, 0.717) is 6.42 Å². The molecule has 1 aromatic rings. The molecule has 0 saturated heterocycles. The van der Waals surface area contributed by atoms with E-state index in [1.165, 1.54) is 35.1 Å². The lowest BCUT2D eigenvalue weighted by Gasteiger charge is -2.42. The van der Waals surface area contributed by atoms with Crippen LogP contribution in [-0.4, -0.2) is 11.1 Å². The number of rotatable bonds is 8. The average Bonchev–Trinajstić information content (AvgIpc) is 2.65. The largest absolute Gasteiger partial charge is 0.481 e. The highest BCUT2D eigenvalue weighted by atomic mass is 16.4. The predicted octanol–water partition coefficient (Wildman–Crippen LogP) is 7.44. The molecular weight excluding hydrogens is 356 g/mol. The molecule has 0 aliphatic heterocycles. The van der Waals surface area contributed by atoms with E-state index < -0.39 is 5.97 Å². The maximum absolute atomic E-state index is 11.1. The van der Waals surface area contributed by atoms with Crippen molar-refractivity contribution in [2.75, 3.05) is 0 Å². The Bertz CT molecular complexity index is 806. The minimum Gasteiger partial charge on any atom is -0.481 e. The van der Waals surface area contributed by atoms with Crippen molar-refractivity contribution in [3.63, 3.8) is 0 Å². The lowest BCUT2D eigenvalue weighted by Crippen LogP contribution is -2.33. The molecule has 1 atom stereocenters. The van der Waals surface area contributed by atoms with E-state index >= 15 is 0 Å². The van der Waals surface area contributed by atoms with Gasteiger partial charge in [0.05, 0.1) is 5.92 Å². The van der Waals surface area contributed by atoms with Crippen LogP contribution in [0.2, 0.25) is 0 Å². The van der Waals surface area contributed by atoms with Crippen molar-refractivity contribution in [2.24, 2.45) is 5.92 Å². The van der Waals surface area contributed by atoms with Gasteiger partial charge in [-0.15, -0.1) is 0 Å². The zero-order valence-electron chi connectivity index (χ0n) is 19.1. The van der Waals surface area contributed by atoms with Gasteiger partial charge in [0, 0.05) is 0 Å². The molecule has 1 unspecified atom stereocenters. The topological polar surface area (TPSA) is 37.3 Å². The summed E-state index contributed by atoms with van der Waals surface area (Å²) in [5.74, 6) is -1.06. The van der Waals surface area contributed by atoms with Gasteiger partial charge in [0.25, 0.3) is 0 Å². The zero-order chi connectivity index (χ0) is 21.7. The summed E-state index contributed by atoms with van der Waals surface area (Å²) >= 11 is 0. The molecule has 2 rings (SSSR count). The molecule has 1 aliphatic carbocycles. The monoisotopic (exact) mass is 394 g/mol. The standard InChI is InChI=1S/C27H38O2/c1-7-11-21(18-20(2)25(28)29)12-9-8-10-13-22-14-15-23-24(19-22)27(5,6)17-16-26(23,3)4/h8-10,12-15,19-20H,7,11,16-18H2,1-6H3,(H,28,29)/b9-8+,13-10+,21-12-. The molecule has 0 amide bonds. The van der Waals surface area contributed by atoms with Crippen LogP contribution < -0.4 is 0 Å². The van der Waals surface area contributed by atoms with E-state index in [9.17, 15) is 4.79 Å². The van der Waals surface area contributed by atoms with E-state index in [1.54, 1.807) is 6.92 Å². The van der Waals surface area contributed by atoms with Crippen LogP contribution in [0.5, 0.6) is 0 Å². The fraction of sp³-hybridized carbons (Fsp3) is 0.519. The Labute approximate surface area is 177 Å². The number of aliphatic carboxylic acids is 1. The molecule has 0 radical (unpaired) electrons. The van der Waals surface area contributed by atoms with Crippen molar-refractivity contribution in [2.45, 2.75) is 84.5 Å². The summed E-state index contributed by atoms with van der Waals surface area (Å²) in [6.07, 6.45) is 15.4. The van der Waals surface area contributed by atoms with Gasteiger partial charge >= 0.3 is 5.97 Å². The first kappa shape index (κ1) is 23.2. The molecule has 0 aromatic heterocycles. The zero-order valence-corrected chi connectivity index (χ0v) is 19.1. The van der Waals surface area contributed by atoms with Crippen molar-refractivity contribution >= 4 is 12.0 Å². The van der Waals surface area contributed by atoms with Crippen LogP contribution in [0.25, 0.3) is 6.08 Å². The van der Waals surface area contributed by atoms with Crippen LogP contribution in [-0.2, 0) is 15.6 Å². The molecule has 0 heterocycles. The summed E-state index contributed by atoms with van der Waals surface area (Å²) < 4.78 is 0. The van der Waals surface area contributed by atoms with Crippen molar-refractivity contribution in [3.8, 4) is 0 Å². The number of allylic oxidation sites excluding steroid dienone is 5. The van der Waals surface area contributed by atoms with E-state index in [0.717, 1.165) is 12.8 Å². The van der Waals surface area contributed by atoms with Gasteiger partial charge in [-0.3, -0.25) is 4.79 Å². The van der Waals surface area contributed by atoms with Gasteiger partial charge < -0.3 is 5.11 Å². The molecule has 0 saturated carbocycles. The van der Waals surface area contributed by atoms with E-state index in [2.05, 4.69) is 71.0 Å². The second kappa shape index (κ2) is 9.61. The van der Waals surface area contributed by atoms with Crippen LogP contribution in [0, 0.1) is 5.92 Å². The van der Waals surface area contributed by atoms with Gasteiger partial charge in [-0.25, -0.2) is 0 Å². The minimum atomic E-state index is -0.727. The highest BCUT2D eigenvalue weighted by molar-refractivity contribution is 5.69. The lowest BCUT2D eigenvalue weighted by atomic mass is 9.63. The second-order valence-electron chi connectivity index (χ2n) is 9.84. The van der Waals surface area contributed by atoms with Gasteiger partial charge in [-0.1, -0.05) is 102 Å². The highest BCUT2D eigenvalue weighted by Crippen LogP contribution is 2.45. The number of carboxylic acids is 1. The number of benzene rings is 1. The van der Waals surface area contributed by atoms with Crippen molar-refractivity contribution < 1.29 is 9.90 Å². The number of hydrogen-bond donors (Lipinski definition) is 1. The van der Waals surface area contributed by atoms with Gasteiger partial charge in [0.15, 0.2) is 0 Å². The van der Waals surface area contributed by atoms with E-state index in [1.807, 2.05) is 12.2 Å². The second-order valence-corrected chi connectivity index (χ2v) is 9.84. The quantitative estimate of drug-likeness (QED) is 0.465. The molecule has 29 heavy (non-hydrogen) atoms. The molecular formula is C27H38O2. The van der Waals surface area contributed by atoms with Gasteiger partial charge in [-0.05, 0) is 53.2 Å². The Balaban J connectivity index is 2.13. The number of fused-ring (bicyclic) bond motifs is 1. The van der Waals surface area contributed by atoms with Crippen LogP contribution in [0.4, 0.5) is 0 Å². The lowest BCUT2D eigenvalue weighted by molar-refractivity contribution is -0.141. The van der Waals surface area contributed by atoms with Gasteiger partial charge in [0.1, 0.15) is 0 Å². The Morgan fingerprint density at radius 2 is 1.72 bits per heavy atom. The summed E-state index contributed by atoms with van der Waals surface area (Å²) in [5.41, 5.74) is 5.87. The van der Waals surface area contributed by atoms with Crippen LogP contribution in [0.3, 0.4) is 0 Å². The maximum Gasteiger partial charge on any atom is 0.306 e. The Morgan fingerprint density at radius 1 is 1.07 bits per heavy atom. The molecule has 2 heteroatoms. The minimum absolute atomic E-state index is 0.225. The molecule has 1 aromatic carbocycles. The van der Waals surface area contributed by atoms with Crippen LogP contribution in [0.1, 0.15) is 90.3 Å². The Morgan fingerprint density at radius 3 is 2.34 bits per heavy atom. The van der Waals surface area contributed by atoms with Crippen molar-refractivity contribution in [1.82, 2.24) is 0 Å². The Hall–Kier alpha value is -2.09. The normalized spacial score (nSPS) is 19.4. The first-order chi connectivity index (χ1) is 13.6. The first-order valence-electron chi connectivity index (χ1n) is 11.0. The molecule has 158 valence electrons. The van der Waals surface area contributed by atoms with E-state index in [4.69, 9.17) is 5.11 Å². The summed E-state index contributed by atoms with van der Waals surface area (Å²) in [6.45, 7) is 13.3. The number of carbonyl (C=O) groups is 1. The van der Waals surface area contributed by atoms with Crippen molar-refractivity contribution in [3.05, 3.63) is 64.8 Å². The van der Waals surface area contributed by atoms with Crippen molar-refractivity contribution in [1.29, 1.82) is 0 Å². The molecule has 0 spiro atoms. The third kappa shape index (κ3) is 6.19. The van der Waals surface area contributed by atoms with Crippen LogP contribution in [0.15, 0.2) is 48.1 Å². The summed E-state index contributed by atoms with van der Waals surface area (Å²) in [5, 5.41) is 9.13. The third-order valence-electron chi connectivity index (χ3n) is 6.28.